The van der Waals surface area contributed by atoms with Gasteiger partial charge in [0.05, 0.1) is 30.3 Å². The van der Waals surface area contributed by atoms with Crippen LogP contribution in [0.25, 0.3) is 0 Å². The molecule has 2 aromatic rings. The predicted molar refractivity (Wildman–Crippen MR) is 197 cm³/mol. The molecule has 2 bridgehead atoms. The minimum Gasteiger partial charge on any atom is -0.490 e. The third-order valence-corrected chi connectivity index (χ3v) is 15.1. The molecule has 280 valence electrons. The lowest BCUT2D eigenvalue weighted by Gasteiger charge is -2.63. The summed E-state index contributed by atoms with van der Waals surface area (Å²) in [4.78, 5) is 16.3. The number of methoxy groups -OCH3 is 1. The van der Waals surface area contributed by atoms with Crippen LogP contribution in [-0.2, 0) is 36.1 Å². The Labute approximate surface area is 304 Å². The van der Waals surface area contributed by atoms with E-state index in [1.165, 1.54) is 11.1 Å². The second-order valence-electron chi connectivity index (χ2n) is 16.1. The number of aryl methyl sites for hydroxylation is 1. The number of hydrogen-bond acceptors (Lipinski definition) is 9. The molecule has 1 saturated carbocycles. The smallest absolute Gasteiger partial charge is 0.264 e. The minimum absolute atomic E-state index is 0.104. The van der Waals surface area contributed by atoms with E-state index in [1.54, 1.807) is 26.2 Å². The zero-order valence-electron chi connectivity index (χ0n) is 30.8. The van der Waals surface area contributed by atoms with E-state index in [0.717, 1.165) is 64.2 Å². The molecule has 10 nitrogen and oxygen atoms in total. The third-order valence-electron chi connectivity index (χ3n) is 13.2. The number of nitrogens with one attached hydrogen (secondary N) is 1. The van der Waals surface area contributed by atoms with Crippen molar-refractivity contribution in [2.45, 2.75) is 120 Å². The molecule has 2 aromatic carbocycles. The highest BCUT2D eigenvalue weighted by molar-refractivity contribution is 7.90. The molecule has 3 N–H and O–H groups in total. The van der Waals surface area contributed by atoms with Crippen molar-refractivity contribution >= 4 is 21.6 Å². The molecule has 2 aliphatic carbocycles. The first-order chi connectivity index (χ1) is 24.4. The number of sulfonamides is 1. The number of benzene rings is 2. The molecule has 2 fully saturated rings. The fourth-order valence-electron chi connectivity index (χ4n) is 9.95. The molecule has 1 amide bonds. The van der Waals surface area contributed by atoms with Gasteiger partial charge in [-0.05, 0) is 106 Å². The first-order valence-electron chi connectivity index (χ1n) is 19.2. The molecular formula is C40H57N3O7S. The van der Waals surface area contributed by atoms with Gasteiger partial charge in [-0.15, -0.1) is 0 Å². The monoisotopic (exact) mass is 723 g/mol. The Morgan fingerprint density at radius 3 is 2.59 bits per heavy atom. The van der Waals surface area contributed by atoms with Crippen LogP contribution < -0.4 is 20.1 Å². The fourth-order valence-corrected chi connectivity index (χ4v) is 11.3. The first kappa shape index (κ1) is 36.6. The lowest BCUT2D eigenvalue weighted by Crippen LogP contribution is -2.79. The number of carbonyl (C=O) groups is 1. The Morgan fingerprint density at radius 1 is 1.02 bits per heavy atom. The van der Waals surface area contributed by atoms with Gasteiger partial charge in [-0.3, -0.25) is 10.5 Å². The van der Waals surface area contributed by atoms with Gasteiger partial charge in [-0.1, -0.05) is 50.5 Å². The summed E-state index contributed by atoms with van der Waals surface area (Å²) in [5.41, 5.74) is 9.87. The van der Waals surface area contributed by atoms with E-state index >= 15 is 0 Å². The van der Waals surface area contributed by atoms with Crippen molar-refractivity contribution in [3.63, 3.8) is 0 Å². The number of carbonyl (C=O) groups excluding carboxylic acids is 1. The van der Waals surface area contributed by atoms with E-state index < -0.39 is 32.6 Å². The van der Waals surface area contributed by atoms with Gasteiger partial charge in [0.15, 0.2) is 0 Å². The topological polar surface area (TPSA) is 129 Å². The van der Waals surface area contributed by atoms with Crippen molar-refractivity contribution in [3.8, 4) is 5.75 Å². The molecule has 5 aliphatic rings. The van der Waals surface area contributed by atoms with Crippen LogP contribution in [0.2, 0.25) is 0 Å². The van der Waals surface area contributed by atoms with Crippen molar-refractivity contribution in [2.24, 2.45) is 23.5 Å². The maximum absolute atomic E-state index is 13.9. The molecule has 51 heavy (non-hydrogen) atoms. The minimum atomic E-state index is -3.93. The van der Waals surface area contributed by atoms with Crippen LogP contribution in [0.5, 0.6) is 5.75 Å². The Balaban J connectivity index is 1.47. The lowest BCUT2D eigenvalue weighted by atomic mass is 9.57. The molecule has 1 spiro atoms. The summed E-state index contributed by atoms with van der Waals surface area (Å²) in [5.74, 6) is -1.18. The van der Waals surface area contributed by atoms with Gasteiger partial charge in [0.1, 0.15) is 11.3 Å². The quantitative estimate of drug-likeness (QED) is 0.387. The van der Waals surface area contributed by atoms with E-state index in [-0.39, 0.29) is 28.9 Å². The number of hydrogen-bond donors (Lipinski definition) is 2. The maximum Gasteiger partial charge on any atom is 0.264 e. The molecule has 11 heteroatoms. The Bertz CT molecular complexity index is 1700. The van der Waals surface area contributed by atoms with Crippen molar-refractivity contribution < 1.29 is 32.2 Å². The molecule has 8 unspecified atom stereocenters. The summed E-state index contributed by atoms with van der Waals surface area (Å²) in [6.45, 7) is 7.63. The summed E-state index contributed by atoms with van der Waals surface area (Å²) >= 11 is 0. The first-order valence-corrected chi connectivity index (χ1v) is 20.8. The van der Waals surface area contributed by atoms with Crippen LogP contribution in [0.15, 0.2) is 42.5 Å². The number of nitrogens with two attached hydrogens (primary N) is 1. The molecule has 0 radical (unpaired) electrons. The number of ether oxygens (including phenoxy) is 4. The Morgan fingerprint density at radius 2 is 1.82 bits per heavy atom. The van der Waals surface area contributed by atoms with E-state index in [9.17, 15) is 13.2 Å². The van der Waals surface area contributed by atoms with Crippen molar-refractivity contribution in [3.05, 3.63) is 59.2 Å². The van der Waals surface area contributed by atoms with E-state index in [0.29, 0.717) is 50.1 Å². The summed E-state index contributed by atoms with van der Waals surface area (Å²) in [6, 6.07) is 14.0. The fraction of sp³-hybridized carbons (Fsp3) is 0.675. The number of nitrogens with zero attached hydrogens (tertiary/aromatic N) is 1. The van der Waals surface area contributed by atoms with Crippen molar-refractivity contribution in [1.82, 2.24) is 4.72 Å². The standard InChI is InChI=1S/C40H57N3O7S/c1-27-10-5-6-12-31-15-17-34(31)39(21-23-47-4,40(41)49-22-19-28(2)50-40)43-25-38(20-9-13-30-11-7-8-14-33(30)38)26-48-36-18-16-32(24-35(36)43)37(44)42-51(45,46)29(27)3/h7-8,11,14,16,18,24,27-29,31,34H,5-6,9-10,12-13,15,17,19-23,25-26,41H2,1-4H3,(H,42,44). The van der Waals surface area contributed by atoms with Gasteiger partial charge >= 0.3 is 0 Å². The van der Waals surface area contributed by atoms with Crippen LogP contribution in [0, 0.1) is 17.8 Å². The van der Waals surface area contributed by atoms with Crippen LogP contribution in [0.4, 0.5) is 5.69 Å². The van der Waals surface area contributed by atoms with Gasteiger partial charge in [0, 0.05) is 37.7 Å². The SMILES string of the molecule is COCCC1(C2(N)OCCC(C)O2)C2CCC2CCCCC(C)C(C)S(=O)(=O)NC(=O)c2ccc3c(c2)N1CC1(CCCc2ccccc21)CO3. The largest absolute Gasteiger partial charge is 0.490 e. The van der Waals surface area contributed by atoms with E-state index in [1.807, 2.05) is 13.0 Å². The molecular weight excluding hydrogens is 667 g/mol. The highest BCUT2D eigenvalue weighted by Gasteiger charge is 2.65. The van der Waals surface area contributed by atoms with Crippen LogP contribution in [-0.4, -0.2) is 70.6 Å². The van der Waals surface area contributed by atoms with E-state index in [2.05, 4.69) is 40.8 Å². The lowest BCUT2D eigenvalue weighted by molar-refractivity contribution is -0.334. The normalized spacial score (nSPS) is 36.8. The average molecular weight is 724 g/mol. The molecule has 3 aliphatic heterocycles. The molecule has 8 atom stereocenters. The summed E-state index contributed by atoms with van der Waals surface area (Å²) < 4.78 is 55.9. The zero-order chi connectivity index (χ0) is 36.0. The highest BCUT2D eigenvalue weighted by atomic mass is 32.2. The second kappa shape index (κ2) is 14.3. The predicted octanol–water partition coefficient (Wildman–Crippen LogP) is 6.06. The highest BCUT2D eigenvalue weighted by Crippen LogP contribution is 2.58. The third kappa shape index (κ3) is 6.49. The second-order valence-corrected chi connectivity index (χ2v) is 18.2. The van der Waals surface area contributed by atoms with Crippen LogP contribution in [0.1, 0.15) is 106 Å². The van der Waals surface area contributed by atoms with Crippen LogP contribution in [0.3, 0.4) is 0 Å². The average Bonchev–Trinajstić information content (AvgIpc) is 3.25. The number of fused-ring (bicyclic) bond motifs is 4. The van der Waals surface area contributed by atoms with Crippen molar-refractivity contribution in [2.75, 3.05) is 38.4 Å². The van der Waals surface area contributed by atoms with Crippen LogP contribution >= 0.6 is 0 Å². The summed E-state index contributed by atoms with van der Waals surface area (Å²) in [5, 5.41) is -0.709. The summed E-state index contributed by atoms with van der Waals surface area (Å²) in [7, 11) is -2.21. The number of rotatable bonds is 4. The van der Waals surface area contributed by atoms with Crippen molar-refractivity contribution in [1.29, 1.82) is 0 Å². The van der Waals surface area contributed by atoms with Gasteiger partial charge in [0.2, 0.25) is 15.9 Å². The van der Waals surface area contributed by atoms with Gasteiger partial charge in [-0.25, -0.2) is 13.1 Å². The molecule has 7 rings (SSSR count). The maximum atomic E-state index is 13.9. The van der Waals surface area contributed by atoms with Gasteiger partial charge in [-0.2, -0.15) is 0 Å². The van der Waals surface area contributed by atoms with Gasteiger partial charge in [0.25, 0.3) is 5.91 Å². The molecule has 0 aromatic heterocycles. The summed E-state index contributed by atoms with van der Waals surface area (Å²) in [6.07, 6.45) is 9.74. The van der Waals surface area contributed by atoms with Gasteiger partial charge < -0.3 is 23.8 Å². The number of amides is 1. The zero-order valence-corrected chi connectivity index (χ0v) is 31.6. The number of anilines is 1. The molecule has 1 saturated heterocycles. The Kier molecular flexibility index (Phi) is 10.3. The molecule has 3 heterocycles. The Hall–Kier alpha value is -2.70. The van der Waals surface area contributed by atoms with E-state index in [4.69, 9.17) is 24.7 Å².